The standard InChI is InChI=1S/C22H38N4O2.2ClH/c23-21-16-5-4-6-17(21)14-18(13-16)22(28)26-11-9-25(10-12-26)15-20(27)24-19-7-2-1-3-8-19;;/h16-19,21H,1-15,23H2,(H,24,27);2*1H. The molecule has 0 aromatic carbocycles. The van der Waals surface area contributed by atoms with Gasteiger partial charge in [-0.05, 0) is 50.4 Å². The molecule has 2 unspecified atom stereocenters. The summed E-state index contributed by atoms with van der Waals surface area (Å²) in [4.78, 5) is 29.7. The van der Waals surface area contributed by atoms with Gasteiger partial charge in [0.05, 0.1) is 6.54 Å². The third kappa shape index (κ3) is 6.24. The van der Waals surface area contributed by atoms with Crippen molar-refractivity contribution < 1.29 is 9.59 Å². The fraction of sp³-hybridized carbons (Fsp3) is 0.909. The maximum absolute atomic E-state index is 13.1. The number of piperazine rings is 1. The van der Waals surface area contributed by atoms with Crippen LogP contribution in [-0.4, -0.2) is 66.4 Å². The van der Waals surface area contributed by atoms with Gasteiger partial charge in [0.1, 0.15) is 0 Å². The van der Waals surface area contributed by atoms with E-state index in [1.165, 1.54) is 38.5 Å². The van der Waals surface area contributed by atoms with Crippen molar-refractivity contribution in [3.63, 3.8) is 0 Å². The summed E-state index contributed by atoms with van der Waals surface area (Å²) in [5, 5.41) is 3.21. The van der Waals surface area contributed by atoms with Crippen LogP contribution < -0.4 is 11.1 Å². The van der Waals surface area contributed by atoms with Gasteiger partial charge < -0.3 is 16.0 Å². The molecule has 4 rings (SSSR count). The molecule has 4 aliphatic rings. The zero-order chi connectivity index (χ0) is 19.5. The van der Waals surface area contributed by atoms with E-state index < -0.39 is 0 Å². The largest absolute Gasteiger partial charge is 0.352 e. The second kappa shape index (κ2) is 11.9. The van der Waals surface area contributed by atoms with Gasteiger partial charge in [-0.1, -0.05) is 25.7 Å². The molecule has 3 aliphatic carbocycles. The second-order valence-corrected chi connectivity index (χ2v) is 9.70. The minimum Gasteiger partial charge on any atom is -0.352 e. The van der Waals surface area contributed by atoms with Gasteiger partial charge >= 0.3 is 0 Å². The number of rotatable bonds is 4. The van der Waals surface area contributed by atoms with Crippen LogP contribution in [0.15, 0.2) is 0 Å². The number of amides is 2. The van der Waals surface area contributed by atoms with E-state index in [2.05, 4.69) is 10.2 Å². The predicted molar refractivity (Wildman–Crippen MR) is 124 cm³/mol. The number of nitrogens with one attached hydrogen (secondary N) is 1. The predicted octanol–water partition coefficient (Wildman–Crippen LogP) is 2.58. The van der Waals surface area contributed by atoms with Crippen molar-refractivity contribution in [3.05, 3.63) is 0 Å². The Labute approximate surface area is 193 Å². The number of halogens is 2. The highest BCUT2D eigenvalue weighted by molar-refractivity contribution is 5.85. The number of hydrogen-bond donors (Lipinski definition) is 2. The summed E-state index contributed by atoms with van der Waals surface area (Å²) in [5.41, 5.74) is 6.39. The molecule has 3 N–H and O–H groups in total. The first-order chi connectivity index (χ1) is 13.6. The summed E-state index contributed by atoms with van der Waals surface area (Å²) in [6.07, 6.45) is 11.7. The number of carbonyl (C=O) groups excluding carboxylic acids is 2. The monoisotopic (exact) mass is 462 g/mol. The number of carbonyl (C=O) groups is 2. The molecule has 4 fully saturated rings. The van der Waals surface area contributed by atoms with Crippen LogP contribution in [0.25, 0.3) is 0 Å². The van der Waals surface area contributed by atoms with E-state index in [0.717, 1.165) is 51.9 Å². The van der Waals surface area contributed by atoms with Crippen LogP contribution in [-0.2, 0) is 9.59 Å². The van der Waals surface area contributed by atoms with E-state index in [-0.39, 0.29) is 36.6 Å². The highest BCUT2D eigenvalue weighted by Crippen LogP contribution is 2.42. The highest BCUT2D eigenvalue weighted by Gasteiger charge is 2.41. The Morgan fingerprint density at radius 3 is 2.03 bits per heavy atom. The van der Waals surface area contributed by atoms with E-state index in [1.54, 1.807) is 0 Å². The fourth-order valence-electron chi connectivity index (χ4n) is 6.10. The molecule has 2 bridgehead atoms. The zero-order valence-electron chi connectivity index (χ0n) is 18.1. The first kappa shape index (κ1) is 25.7. The minimum atomic E-state index is 0. The third-order valence-electron chi connectivity index (χ3n) is 7.78. The summed E-state index contributed by atoms with van der Waals surface area (Å²) in [7, 11) is 0. The van der Waals surface area contributed by atoms with Crippen LogP contribution in [0.2, 0.25) is 0 Å². The lowest BCUT2D eigenvalue weighted by atomic mass is 9.65. The van der Waals surface area contributed by atoms with Crippen molar-refractivity contribution in [2.24, 2.45) is 23.5 Å². The van der Waals surface area contributed by atoms with Crippen LogP contribution in [0.4, 0.5) is 0 Å². The molecule has 0 radical (unpaired) electrons. The van der Waals surface area contributed by atoms with Gasteiger partial charge in [-0.2, -0.15) is 0 Å². The first-order valence-electron chi connectivity index (χ1n) is 11.7. The van der Waals surface area contributed by atoms with Crippen molar-refractivity contribution in [2.45, 2.75) is 76.3 Å². The molecule has 2 amide bonds. The van der Waals surface area contributed by atoms with Crippen molar-refractivity contribution in [3.8, 4) is 0 Å². The molecule has 1 saturated heterocycles. The Hall–Kier alpha value is -0.560. The Balaban J connectivity index is 0.00000160. The summed E-state index contributed by atoms with van der Waals surface area (Å²) >= 11 is 0. The van der Waals surface area contributed by atoms with E-state index >= 15 is 0 Å². The summed E-state index contributed by atoms with van der Waals surface area (Å²) in [5.74, 6) is 1.77. The van der Waals surface area contributed by atoms with Crippen molar-refractivity contribution in [1.29, 1.82) is 0 Å². The number of nitrogens with zero attached hydrogens (tertiary/aromatic N) is 2. The van der Waals surface area contributed by atoms with E-state index in [0.29, 0.717) is 36.4 Å². The lowest BCUT2D eigenvalue weighted by Crippen LogP contribution is -2.55. The summed E-state index contributed by atoms with van der Waals surface area (Å²) < 4.78 is 0. The molecule has 1 aliphatic heterocycles. The topological polar surface area (TPSA) is 78.7 Å². The molecule has 8 heteroatoms. The molecule has 30 heavy (non-hydrogen) atoms. The van der Waals surface area contributed by atoms with Crippen LogP contribution >= 0.6 is 24.8 Å². The Morgan fingerprint density at radius 1 is 0.833 bits per heavy atom. The molecule has 1 heterocycles. The maximum Gasteiger partial charge on any atom is 0.234 e. The van der Waals surface area contributed by atoms with Gasteiger partial charge in [-0.25, -0.2) is 0 Å². The van der Waals surface area contributed by atoms with E-state index in [9.17, 15) is 9.59 Å². The van der Waals surface area contributed by atoms with Gasteiger partial charge in [0.15, 0.2) is 0 Å². The van der Waals surface area contributed by atoms with Crippen molar-refractivity contribution in [2.75, 3.05) is 32.7 Å². The zero-order valence-corrected chi connectivity index (χ0v) is 19.7. The van der Waals surface area contributed by atoms with Crippen LogP contribution in [0.3, 0.4) is 0 Å². The molecule has 6 nitrogen and oxygen atoms in total. The minimum absolute atomic E-state index is 0. The van der Waals surface area contributed by atoms with Crippen LogP contribution in [0.1, 0.15) is 64.2 Å². The maximum atomic E-state index is 13.1. The first-order valence-corrected chi connectivity index (χ1v) is 11.7. The second-order valence-electron chi connectivity index (χ2n) is 9.70. The third-order valence-corrected chi connectivity index (χ3v) is 7.78. The number of hydrogen-bond acceptors (Lipinski definition) is 4. The van der Waals surface area contributed by atoms with Gasteiger partial charge in [0.2, 0.25) is 11.8 Å². The molecular weight excluding hydrogens is 423 g/mol. The molecule has 2 atom stereocenters. The van der Waals surface area contributed by atoms with E-state index in [4.69, 9.17) is 5.73 Å². The van der Waals surface area contributed by atoms with Gasteiger partial charge in [-0.3, -0.25) is 14.5 Å². The smallest absolute Gasteiger partial charge is 0.234 e. The van der Waals surface area contributed by atoms with Gasteiger partial charge in [0.25, 0.3) is 0 Å². The number of fused-ring (bicyclic) bond motifs is 2. The highest BCUT2D eigenvalue weighted by atomic mass is 35.5. The quantitative estimate of drug-likeness (QED) is 0.672. The molecule has 0 aromatic rings. The fourth-order valence-corrected chi connectivity index (χ4v) is 6.10. The molecule has 3 saturated carbocycles. The van der Waals surface area contributed by atoms with Crippen LogP contribution in [0, 0.1) is 17.8 Å². The van der Waals surface area contributed by atoms with Crippen molar-refractivity contribution in [1.82, 2.24) is 15.1 Å². The normalized spacial score (nSPS) is 32.5. The lowest BCUT2D eigenvalue weighted by Gasteiger charge is -2.45. The summed E-state index contributed by atoms with van der Waals surface area (Å²) in [6, 6.07) is 0.693. The average molecular weight is 463 g/mol. The molecule has 0 aromatic heterocycles. The molecule has 174 valence electrons. The lowest BCUT2D eigenvalue weighted by molar-refractivity contribution is -0.140. The number of nitrogens with two attached hydrogens (primary N) is 1. The van der Waals surface area contributed by atoms with Gasteiger partial charge in [0, 0.05) is 44.2 Å². The summed E-state index contributed by atoms with van der Waals surface area (Å²) in [6.45, 7) is 3.60. The SMILES string of the molecule is Cl.Cl.NC1C2CCCC1CC(C(=O)N1CCN(CC(=O)NC3CCCCC3)CC1)C2. The van der Waals surface area contributed by atoms with Crippen LogP contribution in [0.5, 0.6) is 0 Å². The molecule has 0 spiro atoms. The average Bonchev–Trinajstić information content (AvgIpc) is 2.68. The van der Waals surface area contributed by atoms with E-state index in [1.807, 2.05) is 4.90 Å². The van der Waals surface area contributed by atoms with Crippen molar-refractivity contribution >= 4 is 36.6 Å². The Morgan fingerprint density at radius 2 is 1.43 bits per heavy atom. The van der Waals surface area contributed by atoms with Gasteiger partial charge in [-0.15, -0.1) is 24.8 Å². The Bertz CT molecular complexity index is 551. The Kier molecular flexibility index (Phi) is 10.2. The molecular formula is C22H40Cl2N4O2.